The van der Waals surface area contributed by atoms with Gasteiger partial charge in [-0.15, -0.1) is 0 Å². The number of piperidine rings is 1. The van der Waals surface area contributed by atoms with E-state index in [1.54, 1.807) is 6.07 Å². The van der Waals surface area contributed by atoms with E-state index in [9.17, 15) is 14.7 Å². The molecule has 3 aliphatic rings. The number of aromatic carboxylic acids is 1. The predicted molar refractivity (Wildman–Crippen MR) is 190 cm³/mol. The van der Waals surface area contributed by atoms with Crippen molar-refractivity contribution in [3.05, 3.63) is 52.6 Å². The molecule has 1 saturated carbocycles. The highest BCUT2D eigenvalue weighted by Gasteiger charge is 2.33. The molecule has 2 fully saturated rings. The van der Waals surface area contributed by atoms with E-state index >= 15 is 0 Å². The van der Waals surface area contributed by atoms with Gasteiger partial charge in [0.25, 0.3) is 0 Å². The first-order valence-electron chi connectivity index (χ1n) is 18.0. The van der Waals surface area contributed by atoms with Gasteiger partial charge in [0, 0.05) is 48.2 Å². The number of carbonyl (C=O) groups is 2. The van der Waals surface area contributed by atoms with Gasteiger partial charge in [0.1, 0.15) is 18.0 Å². The summed E-state index contributed by atoms with van der Waals surface area (Å²) in [5, 5.41) is 14.1. The third-order valence-electron chi connectivity index (χ3n) is 10.5. The minimum atomic E-state index is -0.914. The number of alkyl carbamates (subject to hydrolysis) is 1. The van der Waals surface area contributed by atoms with Gasteiger partial charge in [0.2, 0.25) is 0 Å². The van der Waals surface area contributed by atoms with Crippen LogP contribution in [0.15, 0.2) is 30.3 Å². The second kappa shape index (κ2) is 14.5. The van der Waals surface area contributed by atoms with Crippen molar-refractivity contribution in [2.45, 2.75) is 110 Å². The number of aryl methyl sites for hydroxylation is 1. The van der Waals surface area contributed by atoms with Gasteiger partial charge in [-0.25, -0.2) is 9.59 Å². The number of carboxylic acids is 1. The van der Waals surface area contributed by atoms with Gasteiger partial charge in [-0.05, 0) is 103 Å². The molecule has 3 heterocycles. The number of aromatic nitrogens is 1. The van der Waals surface area contributed by atoms with Gasteiger partial charge < -0.3 is 24.5 Å². The van der Waals surface area contributed by atoms with Crippen molar-refractivity contribution in [3.63, 3.8) is 0 Å². The number of likely N-dealkylation sites (N-methyl/N-ethyl adjacent to an activating group) is 1. The van der Waals surface area contributed by atoms with E-state index in [1.807, 2.05) is 26.8 Å². The predicted octanol–water partition coefficient (Wildman–Crippen LogP) is 7.57. The van der Waals surface area contributed by atoms with Crippen LogP contribution >= 0.6 is 0 Å². The van der Waals surface area contributed by atoms with Crippen molar-refractivity contribution in [3.8, 4) is 17.0 Å². The molecule has 1 atom stereocenters. The number of amides is 1. The standard InChI is InChI=1S/C39H54N4O5/c1-26-14-15-29(23-42-19-10-7-11-20-42)36-33(26)35-34(27-12-8-6-9-13-27)31-17-16-28(37(44)45)22-32(31)43(35)24-30(25-47-36)41(5)21-18-40-38(46)48-39(2,3)4/h14-17,22,27,30H,6-13,18-21,23-25H2,1-5H3,(H,40,46)(H,44,45)/t30-/m1/s1. The van der Waals surface area contributed by atoms with E-state index in [4.69, 9.17) is 9.47 Å². The van der Waals surface area contributed by atoms with Gasteiger partial charge in [0.05, 0.1) is 17.3 Å². The Labute approximate surface area is 285 Å². The third kappa shape index (κ3) is 7.52. The average molecular weight is 659 g/mol. The molecule has 0 bridgehead atoms. The number of fused-ring (bicyclic) bond motifs is 5. The number of rotatable bonds is 8. The minimum absolute atomic E-state index is 0.0241. The van der Waals surface area contributed by atoms with E-state index in [-0.39, 0.29) is 6.04 Å². The maximum Gasteiger partial charge on any atom is 0.407 e. The Kier molecular flexibility index (Phi) is 10.4. The number of likely N-dealkylation sites (tertiary alicyclic amines) is 1. The monoisotopic (exact) mass is 658 g/mol. The highest BCUT2D eigenvalue weighted by molar-refractivity contribution is 5.99. The van der Waals surface area contributed by atoms with E-state index in [0.29, 0.717) is 37.7 Å². The van der Waals surface area contributed by atoms with Crippen molar-refractivity contribution >= 4 is 23.0 Å². The van der Waals surface area contributed by atoms with Crippen LogP contribution in [0.1, 0.15) is 105 Å². The summed E-state index contributed by atoms with van der Waals surface area (Å²) in [6.45, 7) is 13.0. The summed E-state index contributed by atoms with van der Waals surface area (Å²) in [4.78, 5) is 29.5. The van der Waals surface area contributed by atoms with E-state index in [2.05, 4.69) is 51.9 Å². The normalized spacial score (nSPS) is 19.2. The van der Waals surface area contributed by atoms with Crippen molar-refractivity contribution < 1.29 is 24.2 Å². The first-order valence-corrected chi connectivity index (χ1v) is 18.0. The minimum Gasteiger partial charge on any atom is -0.491 e. The largest absolute Gasteiger partial charge is 0.491 e. The molecule has 0 unspecified atom stereocenters. The number of carbonyl (C=O) groups excluding carboxylic acids is 1. The quantitative estimate of drug-likeness (QED) is 0.258. The molecule has 9 nitrogen and oxygen atoms in total. The van der Waals surface area contributed by atoms with Crippen LogP contribution in [0.25, 0.3) is 22.2 Å². The molecule has 260 valence electrons. The second-order valence-electron chi connectivity index (χ2n) is 15.2. The lowest BCUT2D eigenvalue weighted by Gasteiger charge is -2.34. The number of carboxylic acid groups (broad SMARTS) is 1. The van der Waals surface area contributed by atoms with Crippen LogP contribution in [0, 0.1) is 6.92 Å². The van der Waals surface area contributed by atoms with Crippen LogP contribution in [0.4, 0.5) is 4.79 Å². The second-order valence-corrected chi connectivity index (χ2v) is 15.2. The molecule has 1 saturated heterocycles. The summed E-state index contributed by atoms with van der Waals surface area (Å²) in [5.41, 5.74) is 6.81. The van der Waals surface area contributed by atoms with Crippen LogP contribution < -0.4 is 10.1 Å². The zero-order valence-electron chi connectivity index (χ0n) is 29.6. The summed E-state index contributed by atoms with van der Waals surface area (Å²) in [6.07, 6.45) is 9.26. The number of nitrogens with zero attached hydrogens (tertiary/aromatic N) is 3. The molecule has 1 amide bonds. The Bertz CT molecular complexity index is 1630. The maximum atomic E-state index is 12.4. The smallest absolute Gasteiger partial charge is 0.407 e. The number of benzene rings is 2. The van der Waals surface area contributed by atoms with Crippen LogP contribution in [0.5, 0.6) is 5.75 Å². The number of hydrogen-bond acceptors (Lipinski definition) is 6. The van der Waals surface area contributed by atoms with E-state index < -0.39 is 17.7 Å². The number of ether oxygens (including phenoxy) is 2. The molecule has 1 aromatic heterocycles. The van der Waals surface area contributed by atoms with Crippen molar-refractivity contribution in [2.75, 3.05) is 39.8 Å². The zero-order valence-corrected chi connectivity index (χ0v) is 29.6. The van der Waals surface area contributed by atoms with Crippen molar-refractivity contribution in [1.29, 1.82) is 0 Å². The molecular weight excluding hydrogens is 604 g/mol. The highest BCUT2D eigenvalue weighted by atomic mass is 16.6. The van der Waals surface area contributed by atoms with Crippen LogP contribution in [0.2, 0.25) is 0 Å². The van der Waals surface area contributed by atoms with Gasteiger partial charge in [-0.1, -0.05) is 43.9 Å². The Balaban J connectivity index is 1.46. The molecule has 0 radical (unpaired) electrons. The summed E-state index contributed by atoms with van der Waals surface area (Å²) < 4.78 is 14.9. The molecule has 9 heteroatoms. The topological polar surface area (TPSA) is 96.3 Å². The molecule has 1 aliphatic carbocycles. The van der Waals surface area contributed by atoms with E-state index in [1.165, 1.54) is 60.9 Å². The first-order chi connectivity index (χ1) is 23.0. The highest BCUT2D eigenvalue weighted by Crippen LogP contribution is 2.49. The van der Waals surface area contributed by atoms with Crippen LogP contribution in [-0.4, -0.2) is 83.0 Å². The Morgan fingerprint density at radius 2 is 1.77 bits per heavy atom. The average Bonchev–Trinajstić information content (AvgIpc) is 3.34. The molecule has 0 spiro atoms. The summed E-state index contributed by atoms with van der Waals surface area (Å²) in [6, 6.07) is 10.2. The molecular formula is C39H54N4O5. The first kappa shape index (κ1) is 34.3. The van der Waals surface area contributed by atoms with Crippen LogP contribution in [-0.2, 0) is 17.8 Å². The Hall–Kier alpha value is -3.56. The zero-order chi connectivity index (χ0) is 34.0. The maximum absolute atomic E-state index is 12.4. The lowest BCUT2D eigenvalue weighted by atomic mass is 9.81. The summed E-state index contributed by atoms with van der Waals surface area (Å²) in [7, 11) is 2.08. The molecule has 2 aliphatic heterocycles. The van der Waals surface area contributed by atoms with Crippen LogP contribution in [0.3, 0.4) is 0 Å². The van der Waals surface area contributed by atoms with Gasteiger partial charge in [-0.2, -0.15) is 0 Å². The van der Waals surface area contributed by atoms with Gasteiger partial charge >= 0.3 is 12.1 Å². The molecule has 2 aromatic carbocycles. The fraction of sp³-hybridized carbons (Fsp3) is 0.590. The SMILES string of the molecule is Cc1ccc(CN2CCCCC2)c2c1-c1c(C3CCCCC3)c3ccc(C(=O)O)cc3n1C[C@@H](N(C)CCNC(=O)OC(C)(C)C)CO2. The fourth-order valence-electron chi connectivity index (χ4n) is 7.98. The van der Waals surface area contributed by atoms with Crippen molar-refractivity contribution in [1.82, 2.24) is 19.7 Å². The van der Waals surface area contributed by atoms with E-state index in [0.717, 1.165) is 54.7 Å². The lowest BCUT2D eigenvalue weighted by Crippen LogP contribution is -2.45. The lowest BCUT2D eigenvalue weighted by molar-refractivity contribution is 0.0516. The molecule has 48 heavy (non-hydrogen) atoms. The fourth-order valence-corrected chi connectivity index (χ4v) is 7.98. The summed E-state index contributed by atoms with van der Waals surface area (Å²) in [5.74, 6) is 0.452. The Morgan fingerprint density at radius 3 is 2.48 bits per heavy atom. The molecule has 6 rings (SSSR count). The molecule has 2 N–H and O–H groups in total. The third-order valence-corrected chi connectivity index (χ3v) is 10.5. The van der Waals surface area contributed by atoms with Gasteiger partial charge in [0.15, 0.2) is 0 Å². The summed E-state index contributed by atoms with van der Waals surface area (Å²) >= 11 is 0. The Morgan fingerprint density at radius 1 is 1.04 bits per heavy atom. The number of hydrogen-bond donors (Lipinski definition) is 2. The van der Waals surface area contributed by atoms with Crippen molar-refractivity contribution in [2.24, 2.45) is 0 Å². The van der Waals surface area contributed by atoms with Gasteiger partial charge in [-0.3, -0.25) is 9.80 Å². The molecule has 3 aromatic rings. The number of nitrogens with one attached hydrogen (secondary N) is 1.